The maximum Gasteiger partial charge on any atom is 0.251 e. The van der Waals surface area contributed by atoms with Crippen LogP contribution in [0.2, 0.25) is 0 Å². The van der Waals surface area contributed by atoms with Crippen LogP contribution in [0.25, 0.3) is 0 Å². The second kappa shape index (κ2) is 8.85. The Morgan fingerprint density at radius 2 is 2.13 bits per heavy atom. The van der Waals surface area contributed by atoms with E-state index in [-0.39, 0.29) is 18.3 Å². The van der Waals surface area contributed by atoms with Gasteiger partial charge in [-0.1, -0.05) is 18.2 Å². The summed E-state index contributed by atoms with van der Waals surface area (Å²) >= 11 is 0. The van der Waals surface area contributed by atoms with Crippen LogP contribution in [-0.2, 0) is 11.3 Å². The Morgan fingerprint density at radius 1 is 1.30 bits per heavy atom. The lowest BCUT2D eigenvalue weighted by molar-refractivity contribution is 0.0950. The van der Waals surface area contributed by atoms with Crippen LogP contribution in [0.5, 0.6) is 0 Å². The molecule has 0 fully saturated rings. The number of halogens is 1. The van der Waals surface area contributed by atoms with Crippen molar-refractivity contribution in [2.45, 2.75) is 13.0 Å². The van der Waals surface area contributed by atoms with E-state index in [1.54, 1.807) is 43.6 Å². The van der Waals surface area contributed by atoms with Gasteiger partial charge < -0.3 is 15.4 Å². The summed E-state index contributed by atoms with van der Waals surface area (Å²) in [4.78, 5) is 16.3. The van der Waals surface area contributed by atoms with Crippen molar-refractivity contribution in [3.63, 3.8) is 0 Å². The summed E-state index contributed by atoms with van der Waals surface area (Å²) in [6.07, 6.45) is 2.42. The summed E-state index contributed by atoms with van der Waals surface area (Å²) < 4.78 is 18.5. The van der Waals surface area contributed by atoms with Crippen LogP contribution in [-0.4, -0.2) is 31.2 Å². The Hall–Kier alpha value is -2.47. The maximum atomic E-state index is 13.5. The topological polar surface area (TPSA) is 63.2 Å². The van der Waals surface area contributed by atoms with Gasteiger partial charge in [-0.05, 0) is 24.6 Å². The number of hydrogen-bond donors (Lipinski definition) is 2. The minimum Gasteiger partial charge on any atom is -0.385 e. The summed E-state index contributed by atoms with van der Waals surface area (Å²) in [7, 11) is 1.65. The van der Waals surface area contributed by atoms with E-state index in [4.69, 9.17) is 4.74 Å². The van der Waals surface area contributed by atoms with Gasteiger partial charge in [0.2, 0.25) is 0 Å². The highest BCUT2D eigenvalue weighted by Gasteiger charge is 2.08. The van der Waals surface area contributed by atoms with Crippen LogP contribution in [0, 0.1) is 5.82 Å². The van der Waals surface area contributed by atoms with Crippen molar-refractivity contribution < 1.29 is 13.9 Å². The Bertz CT molecular complexity index is 649. The SMILES string of the molecule is COCCCNc1cc(C(=O)NCc2ccccc2F)ccn1. The van der Waals surface area contributed by atoms with Gasteiger partial charge in [0.15, 0.2) is 0 Å². The Labute approximate surface area is 134 Å². The first kappa shape index (κ1) is 16.9. The summed E-state index contributed by atoms with van der Waals surface area (Å²) in [5, 5.41) is 5.83. The normalized spacial score (nSPS) is 10.3. The Morgan fingerprint density at radius 3 is 2.91 bits per heavy atom. The first-order valence-electron chi connectivity index (χ1n) is 7.41. The highest BCUT2D eigenvalue weighted by molar-refractivity contribution is 5.94. The van der Waals surface area contributed by atoms with Crippen molar-refractivity contribution in [1.29, 1.82) is 0 Å². The van der Waals surface area contributed by atoms with E-state index < -0.39 is 0 Å². The molecule has 1 aromatic carbocycles. The first-order valence-corrected chi connectivity index (χ1v) is 7.41. The average molecular weight is 317 g/mol. The predicted molar refractivity (Wildman–Crippen MR) is 86.8 cm³/mol. The van der Waals surface area contributed by atoms with Gasteiger partial charge in [0.25, 0.3) is 5.91 Å². The molecule has 0 aliphatic rings. The highest BCUT2D eigenvalue weighted by Crippen LogP contribution is 2.09. The second-order valence-corrected chi connectivity index (χ2v) is 4.98. The smallest absolute Gasteiger partial charge is 0.251 e. The number of nitrogens with zero attached hydrogens (tertiary/aromatic N) is 1. The lowest BCUT2D eigenvalue weighted by atomic mass is 10.2. The molecular weight excluding hydrogens is 297 g/mol. The van der Waals surface area contributed by atoms with Crippen molar-refractivity contribution in [2.75, 3.05) is 25.6 Å². The molecule has 23 heavy (non-hydrogen) atoms. The fourth-order valence-electron chi connectivity index (χ4n) is 2.02. The van der Waals surface area contributed by atoms with Crippen LogP contribution < -0.4 is 10.6 Å². The Kier molecular flexibility index (Phi) is 6.50. The fourth-order valence-corrected chi connectivity index (χ4v) is 2.02. The molecule has 1 heterocycles. The van der Waals surface area contributed by atoms with E-state index in [0.717, 1.165) is 6.42 Å². The lowest BCUT2D eigenvalue weighted by Gasteiger charge is -2.08. The van der Waals surface area contributed by atoms with Crippen LogP contribution in [0.3, 0.4) is 0 Å². The van der Waals surface area contributed by atoms with Gasteiger partial charge in [0.05, 0.1) is 0 Å². The molecule has 2 rings (SSSR count). The molecule has 2 N–H and O–H groups in total. The maximum absolute atomic E-state index is 13.5. The number of pyridine rings is 1. The molecule has 5 nitrogen and oxygen atoms in total. The molecule has 0 saturated heterocycles. The monoisotopic (exact) mass is 317 g/mol. The number of carbonyl (C=O) groups excluding carboxylic acids is 1. The quantitative estimate of drug-likeness (QED) is 0.735. The van der Waals surface area contributed by atoms with Gasteiger partial charge in [0, 0.05) is 44.1 Å². The summed E-state index contributed by atoms with van der Waals surface area (Å²) in [5.41, 5.74) is 0.929. The van der Waals surface area contributed by atoms with Crippen molar-refractivity contribution in [3.8, 4) is 0 Å². The summed E-state index contributed by atoms with van der Waals surface area (Å²) in [6, 6.07) is 9.66. The van der Waals surface area contributed by atoms with E-state index in [2.05, 4.69) is 15.6 Å². The minimum absolute atomic E-state index is 0.143. The van der Waals surface area contributed by atoms with Crippen molar-refractivity contribution in [3.05, 3.63) is 59.5 Å². The molecule has 2 aromatic rings. The molecule has 0 radical (unpaired) electrons. The summed E-state index contributed by atoms with van der Waals surface area (Å²) in [6.45, 7) is 1.52. The van der Waals surface area contributed by atoms with Gasteiger partial charge in [-0.3, -0.25) is 4.79 Å². The Balaban J connectivity index is 1.90. The highest BCUT2D eigenvalue weighted by atomic mass is 19.1. The average Bonchev–Trinajstić information content (AvgIpc) is 2.58. The molecule has 6 heteroatoms. The predicted octanol–water partition coefficient (Wildman–Crippen LogP) is 2.60. The van der Waals surface area contributed by atoms with Gasteiger partial charge in [-0.25, -0.2) is 9.37 Å². The number of anilines is 1. The molecular formula is C17H20FN3O2. The fraction of sp³-hybridized carbons (Fsp3) is 0.294. The number of rotatable bonds is 8. The molecule has 1 amide bonds. The zero-order valence-electron chi connectivity index (χ0n) is 13.0. The number of methoxy groups -OCH3 is 1. The number of carbonyl (C=O) groups is 1. The first-order chi connectivity index (χ1) is 11.2. The minimum atomic E-state index is -0.331. The number of aromatic nitrogens is 1. The van der Waals surface area contributed by atoms with Crippen LogP contribution >= 0.6 is 0 Å². The number of amides is 1. The third-order valence-electron chi connectivity index (χ3n) is 3.25. The molecule has 0 aliphatic heterocycles. The van der Waals surface area contributed by atoms with Crippen molar-refractivity contribution in [2.24, 2.45) is 0 Å². The third-order valence-corrected chi connectivity index (χ3v) is 3.25. The lowest BCUT2D eigenvalue weighted by Crippen LogP contribution is -2.23. The molecule has 122 valence electrons. The van der Waals surface area contributed by atoms with Crippen LogP contribution in [0.15, 0.2) is 42.6 Å². The van der Waals surface area contributed by atoms with Gasteiger partial charge in [-0.2, -0.15) is 0 Å². The molecule has 1 aromatic heterocycles. The third kappa shape index (κ3) is 5.34. The van der Waals surface area contributed by atoms with Crippen molar-refractivity contribution >= 4 is 11.7 Å². The number of hydrogen-bond acceptors (Lipinski definition) is 4. The van der Waals surface area contributed by atoms with E-state index in [1.165, 1.54) is 6.07 Å². The van der Waals surface area contributed by atoms with Crippen molar-refractivity contribution in [1.82, 2.24) is 10.3 Å². The number of benzene rings is 1. The second-order valence-electron chi connectivity index (χ2n) is 4.98. The van der Waals surface area contributed by atoms with Gasteiger partial charge in [0.1, 0.15) is 11.6 Å². The molecule has 0 atom stereocenters. The van der Waals surface area contributed by atoms with Crippen LogP contribution in [0.1, 0.15) is 22.3 Å². The molecule has 0 aliphatic carbocycles. The van der Waals surface area contributed by atoms with E-state index >= 15 is 0 Å². The van der Waals surface area contributed by atoms with Crippen LogP contribution in [0.4, 0.5) is 10.2 Å². The van der Waals surface area contributed by atoms with E-state index in [0.29, 0.717) is 30.1 Å². The molecule has 0 bridgehead atoms. The molecule has 0 saturated carbocycles. The van der Waals surface area contributed by atoms with E-state index in [1.807, 2.05) is 0 Å². The standard InChI is InChI=1S/C17H20FN3O2/c1-23-10-4-8-19-16-11-13(7-9-20-16)17(22)21-12-14-5-2-3-6-15(14)18/h2-3,5-7,9,11H,4,8,10,12H2,1H3,(H,19,20)(H,21,22). The van der Waals surface area contributed by atoms with Gasteiger partial charge >= 0.3 is 0 Å². The number of nitrogens with one attached hydrogen (secondary N) is 2. The largest absolute Gasteiger partial charge is 0.385 e. The molecule has 0 unspecified atom stereocenters. The zero-order chi connectivity index (χ0) is 16.5. The zero-order valence-corrected chi connectivity index (χ0v) is 13.0. The van der Waals surface area contributed by atoms with Gasteiger partial charge in [-0.15, -0.1) is 0 Å². The number of ether oxygens (including phenoxy) is 1. The summed E-state index contributed by atoms with van der Waals surface area (Å²) in [5.74, 6) is 0.0262. The molecule has 0 spiro atoms. The van der Waals surface area contributed by atoms with E-state index in [9.17, 15) is 9.18 Å².